The van der Waals surface area contributed by atoms with Crippen LogP contribution in [0.2, 0.25) is 0 Å². The van der Waals surface area contributed by atoms with Gasteiger partial charge in [-0.05, 0) is 60.0 Å². The van der Waals surface area contributed by atoms with Gasteiger partial charge in [-0.2, -0.15) is 0 Å². The van der Waals surface area contributed by atoms with E-state index in [4.69, 9.17) is 14.2 Å². The second-order valence-electron chi connectivity index (χ2n) is 11.3. The summed E-state index contributed by atoms with van der Waals surface area (Å²) in [4.78, 5) is 41.5. The Hall–Kier alpha value is -3.89. The first-order valence-corrected chi connectivity index (χ1v) is 14.4. The number of ether oxygens (including phenoxy) is 3. The quantitative estimate of drug-likeness (QED) is 0.376. The van der Waals surface area contributed by atoms with Gasteiger partial charge in [-0.1, -0.05) is 48.5 Å². The van der Waals surface area contributed by atoms with Crippen molar-refractivity contribution in [2.75, 3.05) is 26.8 Å². The number of carboxylic acid groups (broad SMARTS) is 1. The molecule has 0 unspecified atom stereocenters. The molecule has 0 radical (unpaired) electrons. The number of carboxylic acids is 1. The van der Waals surface area contributed by atoms with Crippen LogP contribution >= 0.6 is 11.3 Å². The van der Waals surface area contributed by atoms with E-state index in [1.165, 1.54) is 4.90 Å². The van der Waals surface area contributed by atoms with Crippen LogP contribution in [-0.2, 0) is 20.8 Å². The lowest BCUT2D eigenvalue weighted by Crippen LogP contribution is -2.47. The zero-order valence-electron chi connectivity index (χ0n) is 23.5. The Morgan fingerprint density at radius 2 is 1.66 bits per heavy atom. The third-order valence-corrected chi connectivity index (χ3v) is 8.35. The third-order valence-electron chi connectivity index (χ3n) is 7.38. The molecule has 0 bridgehead atoms. The predicted molar refractivity (Wildman–Crippen MR) is 154 cm³/mol. The summed E-state index contributed by atoms with van der Waals surface area (Å²) >= 11 is 1.10. The van der Waals surface area contributed by atoms with Gasteiger partial charge >= 0.3 is 18.2 Å². The molecule has 1 N–H and O–H groups in total. The van der Waals surface area contributed by atoms with Crippen molar-refractivity contribution in [3.63, 3.8) is 0 Å². The Morgan fingerprint density at radius 1 is 1.02 bits per heavy atom. The molecule has 2 aromatic carbocycles. The molecule has 5 rings (SSSR count). The number of thiophene rings is 1. The number of carbonyl (C=O) groups excluding carboxylic acids is 2. The zero-order valence-corrected chi connectivity index (χ0v) is 24.3. The zero-order chi connectivity index (χ0) is 29.3. The number of methoxy groups -OCH3 is 1. The van der Waals surface area contributed by atoms with Gasteiger partial charge in [0.25, 0.3) is 0 Å². The highest BCUT2D eigenvalue weighted by Gasteiger charge is 2.43. The molecule has 0 spiro atoms. The molecule has 216 valence electrons. The molecule has 1 aliphatic heterocycles. The largest absolute Gasteiger partial charge is 0.477 e. The average molecular weight is 579 g/mol. The van der Waals surface area contributed by atoms with Crippen LogP contribution in [0.3, 0.4) is 0 Å². The SMILES string of the molecule is CO[C@H]1CN(C(=O)OC(C)(C)C)C[C@@H]1N(Cc1csc(C(=O)O)c1)C(=O)OCC1c2ccccc2-c2ccccc21. The van der Waals surface area contributed by atoms with Crippen molar-refractivity contribution in [3.8, 4) is 11.1 Å². The number of likely N-dealkylation sites (tertiary alicyclic amines) is 1. The van der Waals surface area contributed by atoms with E-state index < -0.39 is 35.9 Å². The first kappa shape index (κ1) is 28.6. The standard InChI is InChI=1S/C31H34N2O7S/c1-31(2,3)40-29(36)32-15-25(26(16-32)38-4)33(14-19-13-27(28(34)35)41-18-19)30(37)39-17-24-22-11-7-5-9-20(22)21-10-6-8-12-23(21)24/h5-13,18,24-26H,14-17H2,1-4H3,(H,34,35)/t25-,26-/m0/s1. The van der Waals surface area contributed by atoms with Crippen molar-refractivity contribution in [3.05, 3.63) is 81.5 Å². The summed E-state index contributed by atoms with van der Waals surface area (Å²) in [6.45, 7) is 6.06. The summed E-state index contributed by atoms with van der Waals surface area (Å²) in [6, 6.07) is 17.2. The first-order valence-electron chi connectivity index (χ1n) is 13.5. The molecule has 2 amide bonds. The molecule has 2 aliphatic rings. The number of aromatic carboxylic acids is 1. The van der Waals surface area contributed by atoms with Gasteiger partial charge in [-0.25, -0.2) is 14.4 Å². The number of benzene rings is 2. The van der Waals surface area contributed by atoms with Crippen molar-refractivity contribution >= 4 is 29.5 Å². The molecule has 0 saturated carbocycles. The summed E-state index contributed by atoms with van der Waals surface area (Å²) in [5, 5.41) is 11.1. The average Bonchev–Trinajstić information content (AvgIpc) is 3.65. The minimum Gasteiger partial charge on any atom is -0.477 e. The number of nitrogens with zero attached hydrogens (tertiary/aromatic N) is 2. The minimum absolute atomic E-state index is 0.104. The Bertz CT molecular complexity index is 1400. The van der Waals surface area contributed by atoms with Crippen LogP contribution < -0.4 is 0 Å². The maximum Gasteiger partial charge on any atom is 0.410 e. The summed E-state index contributed by atoms with van der Waals surface area (Å²) in [5.74, 6) is -1.14. The second-order valence-corrected chi connectivity index (χ2v) is 12.2. The summed E-state index contributed by atoms with van der Waals surface area (Å²) in [7, 11) is 1.54. The van der Waals surface area contributed by atoms with Gasteiger partial charge in [0.05, 0.1) is 25.2 Å². The van der Waals surface area contributed by atoms with Crippen LogP contribution in [0.15, 0.2) is 60.0 Å². The van der Waals surface area contributed by atoms with Crippen LogP contribution in [0.1, 0.15) is 53.1 Å². The summed E-state index contributed by atoms with van der Waals surface area (Å²) in [5.41, 5.74) is 4.44. The van der Waals surface area contributed by atoms with Crippen molar-refractivity contribution in [1.82, 2.24) is 9.80 Å². The van der Waals surface area contributed by atoms with E-state index >= 15 is 0 Å². The van der Waals surface area contributed by atoms with Crippen LogP contribution in [0.5, 0.6) is 0 Å². The number of carbonyl (C=O) groups is 3. The Morgan fingerprint density at radius 3 is 2.22 bits per heavy atom. The Labute approximate surface area is 243 Å². The van der Waals surface area contributed by atoms with Crippen molar-refractivity contribution < 1.29 is 33.7 Å². The van der Waals surface area contributed by atoms with Gasteiger partial charge in [-0.15, -0.1) is 11.3 Å². The lowest BCUT2D eigenvalue weighted by Gasteiger charge is -2.31. The van der Waals surface area contributed by atoms with Gasteiger partial charge in [-0.3, -0.25) is 4.90 Å². The number of hydrogen-bond donors (Lipinski definition) is 1. The van der Waals surface area contributed by atoms with E-state index in [-0.39, 0.29) is 37.0 Å². The highest BCUT2D eigenvalue weighted by atomic mass is 32.1. The molecule has 9 nitrogen and oxygen atoms in total. The normalized spacial score (nSPS) is 18.1. The predicted octanol–water partition coefficient (Wildman–Crippen LogP) is 5.83. The van der Waals surface area contributed by atoms with E-state index in [1.807, 2.05) is 24.3 Å². The Balaban J connectivity index is 1.39. The van der Waals surface area contributed by atoms with Crippen molar-refractivity contribution in [2.45, 2.75) is 51.0 Å². The minimum atomic E-state index is -1.03. The number of hydrogen-bond acceptors (Lipinski definition) is 7. The van der Waals surface area contributed by atoms with Crippen LogP contribution in [0.4, 0.5) is 9.59 Å². The molecule has 3 aromatic rings. The van der Waals surface area contributed by atoms with E-state index in [0.29, 0.717) is 5.56 Å². The summed E-state index contributed by atoms with van der Waals surface area (Å²) < 4.78 is 17.3. The fraction of sp³-hybridized carbons (Fsp3) is 0.387. The number of fused-ring (bicyclic) bond motifs is 3. The lowest BCUT2D eigenvalue weighted by molar-refractivity contribution is 0.0238. The highest BCUT2D eigenvalue weighted by molar-refractivity contribution is 7.12. The van der Waals surface area contributed by atoms with Gasteiger partial charge in [0.15, 0.2) is 0 Å². The van der Waals surface area contributed by atoms with Gasteiger partial charge < -0.3 is 24.2 Å². The van der Waals surface area contributed by atoms with Crippen LogP contribution in [0.25, 0.3) is 11.1 Å². The molecule has 1 aliphatic carbocycles. The van der Waals surface area contributed by atoms with E-state index in [9.17, 15) is 19.5 Å². The molecule has 1 aromatic heterocycles. The summed E-state index contributed by atoms with van der Waals surface area (Å²) in [6.07, 6.45) is -1.54. The van der Waals surface area contributed by atoms with E-state index in [1.54, 1.807) is 44.2 Å². The fourth-order valence-electron chi connectivity index (χ4n) is 5.52. The number of amides is 2. The second kappa shape index (κ2) is 11.5. The van der Waals surface area contributed by atoms with Crippen molar-refractivity contribution in [1.29, 1.82) is 0 Å². The van der Waals surface area contributed by atoms with Crippen molar-refractivity contribution in [2.24, 2.45) is 0 Å². The van der Waals surface area contributed by atoms with E-state index in [0.717, 1.165) is 33.6 Å². The molecule has 2 atom stereocenters. The molecule has 41 heavy (non-hydrogen) atoms. The van der Waals surface area contributed by atoms with Crippen LogP contribution in [-0.4, -0.2) is 77.6 Å². The molecular weight excluding hydrogens is 544 g/mol. The van der Waals surface area contributed by atoms with Gasteiger partial charge in [0.2, 0.25) is 0 Å². The molecular formula is C31H34N2O7S. The van der Waals surface area contributed by atoms with Crippen LogP contribution in [0, 0.1) is 0 Å². The van der Waals surface area contributed by atoms with Gasteiger partial charge in [0.1, 0.15) is 17.1 Å². The number of rotatable bonds is 7. The lowest BCUT2D eigenvalue weighted by atomic mass is 9.98. The maximum atomic E-state index is 13.8. The molecule has 1 saturated heterocycles. The van der Waals surface area contributed by atoms with Gasteiger partial charge in [0, 0.05) is 19.6 Å². The molecule has 1 fully saturated rings. The molecule has 2 heterocycles. The smallest absolute Gasteiger partial charge is 0.410 e. The topological polar surface area (TPSA) is 106 Å². The molecule has 10 heteroatoms. The fourth-order valence-corrected chi connectivity index (χ4v) is 6.27. The first-order chi connectivity index (χ1) is 19.6. The third kappa shape index (κ3) is 6.08. The highest BCUT2D eigenvalue weighted by Crippen LogP contribution is 2.44. The monoisotopic (exact) mass is 578 g/mol. The Kier molecular flexibility index (Phi) is 8.06. The maximum absolute atomic E-state index is 13.8. The van der Waals surface area contributed by atoms with E-state index in [2.05, 4.69) is 24.3 Å².